The van der Waals surface area contributed by atoms with Crippen LogP contribution in [0.2, 0.25) is 0 Å². The van der Waals surface area contributed by atoms with Gasteiger partial charge in [0.1, 0.15) is 0 Å². The van der Waals surface area contributed by atoms with Gasteiger partial charge in [0.05, 0.1) is 18.8 Å². The minimum Gasteiger partial charge on any atom is -0.394 e. The Morgan fingerprint density at radius 1 is 1.29 bits per heavy atom. The summed E-state index contributed by atoms with van der Waals surface area (Å²) in [6.45, 7) is 11.5. The zero-order chi connectivity index (χ0) is 11.2. The van der Waals surface area contributed by atoms with Gasteiger partial charge in [-0.2, -0.15) is 0 Å². The molecule has 2 nitrogen and oxygen atoms in total. The third kappa shape index (κ3) is 4.43. The first-order valence-corrected chi connectivity index (χ1v) is 5.71. The zero-order valence-corrected chi connectivity index (χ0v) is 10.3. The van der Waals surface area contributed by atoms with Crippen LogP contribution in [0.15, 0.2) is 0 Å². The van der Waals surface area contributed by atoms with Crippen molar-refractivity contribution in [3.8, 4) is 0 Å². The van der Waals surface area contributed by atoms with Crippen molar-refractivity contribution in [3.63, 3.8) is 0 Å². The highest BCUT2D eigenvalue weighted by molar-refractivity contribution is 4.80. The molecule has 0 radical (unpaired) electrons. The van der Waals surface area contributed by atoms with Crippen molar-refractivity contribution >= 4 is 0 Å². The molecule has 0 spiro atoms. The topological polar surface area (TPSA) is 29.5 Å². The van der Waals surface area contributed by atoms with Crippen LogP contribution < -0.4 is 0 Å². The van der Waals surface area contributed by atoms with Crippen molar-refractivity contribution in [2.45, 2.75) is 53.1 Å². The molecule has 0 saturated carbocycles. The maximum Gasteiger partial charge on any atom is 0.0705 e. The molecule has 0 aromatic carbocycles. The Hall–Kier alpha value is -0.0800. The highest BCUT2D eigenvalue weighted by Crippen LogP contribution is 2.30. The van der Waals surface area contributed by atoms with Gasteiger partial charge in [-0.15, -0.1) is 0 Å². The fraction of sp³-hybridized carbons (Fsp3) is 1.00. The lowest BCUT2D eigenvalue weighted by Gasteiger charge is -2.36. The van der Waals surface area contributed by atoms with Crippen LogP contribution in [-0.2, 0) is 4.74 Å². The van der Waals surface area contributed by atoms with Gasteiger partial charge in [-0.1, -0.05) is 34.1 Å². The van der Waals surface area contributed by atoms with Crippen LogP contribution in [0.25, 0.3) is 0 Å². The summed E-state index contributed by atoms with van der Waals surface area (Å²) >= 11 is 0. The van der Waals surface area contributed by atoms with E-state index in [4.69, 9.17) is 9.84 Å². The number of hydrogen-bond donors (Lipinski definition) is 1. The summed E-state index contributed by atoms with van der Waals surface area (Å²) in [6, 6.07) is 0. The molecule has 0 aliphatic carbocycles. The lowest BCUT2D eigenvalue weighted by atomic mass is 9.83. The summed E-state index contributed by atoms with van der Waals surface area (Å²) in [7, 11) is 0. The molecule has 0 fully saturated rings. The van der Waals surface area contributed by atoms with Gasteiger partial charge < -0.3 is 9.84 Å². The van der Waals surface area contributed by atoms with Gasteiger partial charge in [-0.25, -0.2) is 0 Å². The van der Waals surface area contributed by atoms with Crippen LogP contribution in [0, 0.1) is 11.8 Å². The van der Waals surface area contributed by atoms with Crippen molar-refractivity contribution in [2.24, 2.45) is 11.8 Å². The van der Waals surface area contributed by atoms with Gasteiger partial charge in [0.2, 0.25) is 0 Å². The highest BCUT2D eigenvalue weighted by atomic mass is 16.5. The lowest BCUT2D eigenvalue weighted by Crippen LogP contribution is -2.37. The second-order valence-corrected chi connectivity index (χ2v) is 4.76. The smallest absolute Gasteiger partial charge is 0.0705 e. The molecule has 86 valence electrons. The van der Waals surface area contributed by atoms with E-state index in [0.29, 0.717) is 18.4 Å². The first-order valence-electron chi connectivity index (χ1n) is 5.71. The van der Waals surface area contributed by atoms with Crippen LogP contribution >= 0.6 is 0 Å². The quantitative estimate of drug-likeness (QED) is 0.688. The Bertz CT molecular complexity index is 145. The van der Waals surface area contributed by atoms with Crippen LogP contribution in [-0.4, -0.2) is 23.9 Å². The summed E-state index contributed by atoms with van der Waals surface area (Å²) in [5, 5.41) is 8.78. The lowest BCUT2D eigenvalue weighted by molar-refractivity contribution is -0.0882. The molecular weight excluding hydrogens is 176 g/mol. The Morgan fingerprint density at radius 3 is 2.21 bits per heavy atom. The first-order chi connectivity index (χ1) is 6.46. The standard InChI is InChI=1S/C12H26O2/c1-6-11(4)9-12(5,10(2)3)14-8-7-13/h10-11,13H,6-9H2,1-5H3. The molecule has 0 bridgehead atoms. The molecule has 0 aliphatic rings. The van der Waals surface area contributed by atoms with Gasteiger partial charge in [0.15, 0.2) is 0 Å². The molecule has 14 heavy (non-hydrogen) atoms. The van der Waals surface area contributed by atoms with Gasteiger partial charge in [-0.3, -0.25) is 0 Å². The third-order valence-electron chi connectivity index (χ3n) is 3.20. The molecule has 0 heterocycles. The molecule has 2 heteroatoms. The van der Waals surface area contributed by atoms with E-state index in [1.807, 2.05) is 0 Å². The Labute approximate surface area is 88.7 Å². The van der Waals surface area contributed by atoms with E-state index >= 15 is 0 Å². The van der Waals surface area contributed by atoms with Crippen molar-refractivity contribution in [1.82, 2.24) is 0 Å². The Morgan fingerprint density at radius 2 is 1.86 bits per heavy atom. The fourth-order valence-electron chi connectivity index (χ4n) is 1.58. The van der Waals surface area contributed by atoms with Gasteiger partial charge in [0.25, 0.3) is 0 Å². The van der Waals surface area contributed by atoms with E-state index < -0.39 is 0 Å². The molecule has 2 unspecified atom stereocenters. The SMILES string of the molecule is CCC(C)CC(C)(OCCO)C(C)C. The van der Waals surface area contributed by atoms with Crippen LogP contribution in [0.5, 0.6) is 0 Å². The van der Waals surface area contributed by atoms with Gasteiger partial charge in [0, 0.05) is 0 Å². The average molecular weight is 202 g/mol. The number of hydrogen-bond acceptors (Lipinski definition) is 2. The summed E-state index contributed by atoms with van der Waals surface area (Å²) < 4.78 is 5.76. The molecule has 0 amide bonds. The predicted octanol–water partition coefficient (Wildman–Crippen LogP) is 2.85. The maximum absolute atomic E-state index is 8.78. The molecule has 0 aromatic rings. The monoisotopic (exact) mass is 202 g/mol. The molecule has 2 atom stereocenters. The summed E-state index contributed by atoms with van der Waals surface area (Å²) in [5.74, 6) is 1.17. The number of rotatable bonds is 7. The van der Waals surface area contributed by atoms with E-state index in [0.717, 1.165) is 6.42 Å². The van der Waals surface area contributed by atoms with Crippen LogP contribution in [0.1, 0.15) is 47.5 Å². The van der Waals surface area contributed by atoms with Crippen molar-refractivity contribution < 1.29 is 9.84 Å². The Balaban J connectivity index is 4.23. The summed E-state index contributed by atoms with van der Waals surface area (Å²) in [6.07, 6.45) is 2.26. The predicted molar refractivity (Wildman–Crippen MR) is 60.4 cm³/mol. The molecule has 0 aromatic heterocycles. The summed E-state index contributed by atoms with van der Waals surface area (Å²) in [5.41, 5.74) is -0.0852. The number of aliphatic hydroxyl groups is 1. The first kappa shape index (κ1) is 13.9. The average Bonchev–Trinajstić information content (AvgIpc) is 2.14. The second-order valence-electron chi connectivity index (χ2n) is 4.76. The molecule has 0 saturated heterocycles. The van der Waals surface area contributed by atoms with Gasteiger partial charge in [-0.05, 0) is 25.2 Å². The minimum absolute atomic E-state index is 0.0852. The maximum atomic E-state index is 8.78. The third-order valence-corrected chi connectivity index (χ3v) is 3.20. The highest BCUT2D eigenvalue weighted by Gasteiger charge is 2.30. The molecule has 0 aliphatic heterocycles. The minimum atomic E-state index is -0.0852. The number of aliphatic hydroxyl groups excluding tert-OH is 1. The van der Waals surface area contributed by atoms with E-state index in [2.05, 4.69) is 34.6 Å². The normalized spacial score (nSPS) is 18.2. The van der Waals surface area contributed by atoms with E-state index in [1.54, 1.807) is 0 Å². The molecule has 1 N–H and O–H groups in total. The van der Waals surface area contributed by atoms with Crippen LogP contribution in [0.4, 0.5) is 0 Å². The molecule has 0 rings (SSSR count). The van der Waals surface area contributed by atoms with E-state index in [9.17, 15) is 0 Å². The van der Waals surface area contributed by atoms with Crippen LogP contribution in [0.3, 0.4) is 0 Å². The van der Waals surface area contributed by atoms with Crippen molar-refractivity contribution in [2.75, 3.05) is 13.2 Å². The van der Waals surface area contributed by atoms with E-state index in [-0.39, 0.29) is 12.2 Å². The molecular formula is C12H26O2. The summed E-state index contributed by atoms with van der Waals surface area (Å²) in [4.78, 5) is 0. The Kier molecular flexibility index (Phi) is 6.38. The van der Waals surface area contributed by atoms with Gasteiger partial charge >= 0.3 is 0 Å². The van der Waals surface area contributed by atoms with E-state index in [1.165, 1.54) is 6.42 Å². The number of ether oxygens (including phenoxy) is 1. The van der Waals surface area contributed by atoms with Crippen molar-refractivity contribution in [1.29, 1.82) is 0 Å². The zero-order valence-electron chi connectivity index (χ0n) is 10.3. The second kappa shape index (κ2) is 6.41. The van der Waals surface area contributed by atoms with Crippen molar-refractivity contribution in [3.05, 3.63) is 0 Å². The largest absolute Gasteiger partial charge is 0.394 e. The fourth-order valence-corrected chi connectivity index (χ4v) is 1.58.